The average Bonchev–Trinajstić information content (AvgIpc) is 3.43. The van der Waals surface area contributed by atoms with Crippen molar-refractivity contribution in [2.75, 3.05) is 0 Å². The van der Waals surface area contributed by atoms with Crippen LogP contribution in [0.1, 0.15) is 70.1 Å². The third kappa shape index (κ3) is 3.62. The minimum atomic E-state index is -1.14. The normalized spacial score (nSPS) is 22.3. The van der Waals surface area contributed by atoms with Gasteiger partial charge in [-0.25, -0.2) is 4.68 Å². The number of nitrogens with zero attached hydrogens (tertiary/aromatic N) is 4. The Morgan fingerprint density at radius 3 is 2.61 bits per heavy atom. The lowest BCUT2D eigenvalue weighted by Crippen LogP contribution is -2.47. The van der Waals surface area contributed by atoms with Gasteiger partial charge in [0.2, 0.25) is 0 Å². The molecule has 1 fully saturated rings. The minimum absolute atomic E-state index is 0.272. The quantitative estimate of drug-likeness (QED) is 0.645. The molecule has 1 saturated carbocycles. The Hall–Kier alpha value is -3.47. The van der Waals surface area contributed by atoms with Crippen molar-refractivity contribution in [1.82, 2.24) is 14.7 Å². The van der Waals surface area contributed by atoms with Crippen molar-refractivity contribution in [2.45, 2.75) is 57.4 Å². The van der Waals surface area contributed by atoms with Crippen molar-refractivity contribution in [3.63, 3.8) is 0 Å². The summed E-state index contributed by atoms with van der Waals surface area (Å²) < 4.78 is 1.78. The van der Waals surface area contributed by atoms with E-state index >= 15 is 0 Å². The molecule has 0 spiro atoms. The number of hydrogen-bond donors (Lipinski definition) is 2. The first-order chi connectivity index (χ1) is 16.0. The zero-order chi connectivity index (χ0) is 23.1. The van der Waals surface area contributed by atoms with E-state index < -0.39 is 18.4 Å². The van der Waals surface area contributed by atoms with Crippen LogP contribution in [0.3, 0.4) is 0 Å². The summed E-state index contributed by atoms with van der Waals surface area (Å²) in [6.45, 7) is 1.79. The molecule has 5 rings (SSSR count). The Morgan fingerprint density at radius 1 is 1.18 bits per heavy atom. The van der Waals surface area contributed by atoms with E-state index in [1.807, 2.05) is 36.5 Å². The standard InChI is InChI=1S/C26H26N4O3/c1-16-21(15-27)18(13-17-7-9-19(10-8-17)29-12-4-11-28-29)14-20-24(16)26(33)30(25(20)32)22-5-2-3-6-23(22)31/h4,7-12,14,22-23,26,31,33H,2-3,5-6,13H2,1H3/t22-,23-,26?/m0/s1. The Balaban J connectivity index is 1.48. The molecule has 2 N–H and O–H groups in total. The number of hydrogen-bond acceptors (Lipinski definition) is 5. The molecule has 2 heterocycles. The maximum Gasteiger partial charge on any atom is 0.256 e. The van der Waals surface area contributed by atoms with Crippen LogP contribution in [-0.2, 0) is 6.42 Å². The molecule has 2 aromatic carbocycles. The molecule has 7 heteroatoms. The highest BCUT2D eigenvalue weighted by molar-refractivity contribution is 6.00. The molecule has 3 aromatic rings. The summed E-state index contributed by atoms with van der Waals surface area (Å²) in [6, 6.07) is 13.4. The first-order valence-electron chi connectivity index (χ1n) is 11.3. The van der Waals surface area contributed by atoms with Crippen molar-refractivity contribution in [2.24, 2.45) is 0 Å². The van der Waals surface area contributed by atoms with Gasteiger partial charge >= 0.3 is 0 Å². The molecule has 0 radical (unpaired) electrons. The van der Waals surface area contributed by atoms with E-state index in [0.717, 1.165) is 29.7 Å². The molecule has 1 aliphatic heterocycles. The van der Waals surface area contributed by atoms with Gasteiger partial charge in [-0.2, -0.15) is 10.4 Å². The Bertz CT molecular complexity index is 1230. The maximum absolute atomic E-state index is 13.3. The Kier molecular flexibility index (Phi) is 5.49. The molecule has 1 amide bonds. The third-order valence-electron chi connectivity index (χ3n) is 6.96. The second kappa shape index (κ2) is 8.47. The van der Waals surface area contributed by atoms with Crippen LogP contribution < -0.4 is 0 Å². The van der Waals surface area contributed by atoms with E-state index in [1.165, 1.54) is 4.90 Å². The predicted octanol–water partition coefficient (Wildman–Crippen LogP) is 3.39. The molecule has 7 nitrogen and oxygen atoms in total. The van der Waals surface area contributed by atoms with Gasteiger partial charge < -0.3 is 15.1 Å². The van der Waals surface area contributed by atoms with Crippen LogP contribution in [0.15, 0.2) is 48.8 Å². The Labute approximate surface area is 192 Å². The number of carbonyl (C=O) groups excluding carboxylic acids is 1. The Morgan fingerprint density at radius 2 is 1.94 bits per heavy atom. The molecule has 0 saturated heterocycles. The van der Waals surface area contributed by atoms with E-state index in [0.29, 0.717) is 41.5 Å². The second-order valence-corrected chi connectivity index (χ2v) is 8.91. The van der Waals surface area contributed by atoms with E-state index in [4.69, 9.17) is 0 Å². The number of aliphatic hydroxyl groups is 2. The van der Waals surface area contributed by atoms with E-state index in [2.05, 4.69) is 11.2 Å². The average molecular weight is 443 g/mol. The summed E-state index contributed by atoms with van der Waals surface area (Å²) in [5.41, 5.74) is 4.75. The third-order valence-corrected chi connectivity index (χ3v) is 6.96. The number of fused-ring (bicyclic) bond motifs is 1. The van der Waals surface area contributed by atoms with Crippen LogP contribution in [0.4, 0.5) is 0 Å². The zero-order valence-electron chi connectivity index (χ0n) is 18.5. The summed E-state index contributed by atoms with van der Waals surface area (Å²) in [5.74, 6) is -0.272. The van der Waals surface area contributed by atoms with Crippen LogP contribution in [0.2, 0.25) is 0 Å². The van der Waals surface area contributed by atoms with Gasteiger partial charge in [-0.15, -0.1) is 0 Å². The van der Waals surface area contributed by atoms with Crippen LogP contribution in [-0.4, -0.2) is 42.9 Å². The summed E-state index contributed by atoms with van der Waals surface area (Å²) >= 11 is 0. The van der Waals surface area contributed by atoms with Gasteiger partial charge in [-0.05, 0) is 67.1 Å². The fourth-order valence-corrected chi connectivity index (χ4v) is 5.25. The molecule has 33 heavy (non-hydrogen) atoms. The number of carbonyl (C=O) groups is 1. The lowest BCUT2D eigenvalue weighted by Gasteiger charge is -2.37. The van der Waals surface area contributed by atoms with E-state index in [1.54, 1.807) is 23.9 Å². The lowest BCUT2D eigenvalue weighted by molar-refractivity contribution is -0.0497. The van der Waals surface area contributed by atoms with Gasteiger partial charge in [0.25, 0.3) is 5.91 Å². The highest BCUT2D eigenvalue weighted by Gasteiger charge is 2.44. The molecular formula is C26H26N4O3. The van der Waals surface area contributed by atoms with Crippen LogP contribution >= 0.6 is 0 Å². The number of aromatic nitrogens is 2. The molecule has 168 valence electrons. The van der Waals surface area contributed by atoms with Gasteiger partial charge in [0, 0.05) is 23.5 Å². The molecule has 1 unspecified atom stereocenters. The topological polar surface area (TPSA) is 102 Å². The number of amides is 1. The SMILES string of the molecule is Cc1c(C#N)c(Cc2ccc(-n3cccn3)cc2)cc2c1C(O)N([C@H]1CCCC[C@@H]1O)C2=O. The van der Waals surface area contributed by atoms with Crippen LogP contribution in [0.5, 0.6) is 0 Å². The molecule has 0 bridgehead atoms. The number of aliphatic hydroxyl groups excluding tert-OH is 2. The van der Waals surface area contributed by atoms with Gasteiger partial charge in [0.15, 0.2) is 6.23 Å². The highest BCUT2D eigenvalue weighted by atomic mass is 16.3. The van der Waals surface area contributed by atoms with Crippen molar-refractivity contribution in [3.8, 4) is 11.8 Å². The summed E-state index contributed by atoms with van der Waals surface area (Å²) in [4.78, 5) is 14.8. The number of nitriles is 1. The second-order valence-electron chi connectivity index (χ2n) is 8.91. The van der Waals surface area contributed by atoms with E-state index in [9.17, 15) is 20.3 Å². The predicted molar refractivity (Wildman–Crippen MR) is 122 cm³/mol. The minimum Gasteiger partial charge on any atom is -0.391 e. The molecule has 2 aliphatic rings. The smallest absolute Gasteiger partial charge is 0.256 e. The van der Waals surface area contributed by atoms with Gasteiger partial charge in [-0.3, -0.25) is 4.79 Å². The summed E-state index contributed by atoms with van der Waals surface area (Å²) in [6.07, 6.45) is 5.43. The summed E-state index contributed by atoms with van der Waals surface area (Å²) in [7, 11) is 0. The van der Waals surface area contributed by atoms with Crippen molar-refractivity contribution in [1.29, 1.82) is 5.26 Å². The molecule has 1 aliphatic carbocycles. The molecule has 1 aromatic heterocycles. The molecule has 3 atom stereocenters. The fourth-order valence-electron chi connectivity index (χ4n) is 5.25. The largest absolute Gasteiger partial charge is 0.391 e. The van der Waals surface area contributed by atoms with E-state index in [-0.39, 0.29) is 5.91 Å². The lowest BCUT2D eigenvalue weighted by atomic mass is 9.90. The van der Waals surface area contributed by atoms with Crippen LogP contribution in [0.25, 0.3) is 5.69 Å². The van der Waals surface area contributed by atoms with Crippen LogP contribution in [0, 0.1) is 18.3 Å². The van der Waals surface area contributed by atoms with Crippen molar-refractivity contribution in [3.05, 3.63) is 82.2 Å². The fraction of sp³-hybridized carbons (Fsp3) is 0.346. The first kappa shape index (κ1) is 21.4. The van der Waals surface area contributed by atoms with Gasteiger partial charge in [0.05, 0.1) is 29.5 Å². The number of rotatable bonds is 4. The zero-order valence-corrected chi connectivity index (χ0v) is 18.5. The van der Waals surface area contributed by atoms with Crippen molar-refractivity contribution < 1.29 is 15.0 Å². The van der Waals surface area contributed by atoms with Crippen molar-refractivity contribution >= 4 is 5.91 Å². The van der Waals surface area contributed by atoms with Gasteiger partial charge in [-0.1, -0.05) is 25.0 Å². The number of benzene rings is 2. The monoisotopic (exact) mass is 442 g/mol. The van der Waals surface area contributed by atoms with Gasteiger partial charge in [0.1, 0.15) is 0 Å². The molecular weight excluding hydrogens is 416 g/mol. The maximum atomic E-state index is 13.3. The first-order valence-corrected chi connectivity index (χ1v) is 11.3. The summed E-state index contributed by atoms with van der Waals surface area (Å²) in [5, 5.41) is 35.7. The highest BCUT2D eigenvalue weighted by Crippen LogP contribution is 2.41.